The van der Waals surface area contributed by atoms with E-state index in [0.29, 0.717) is 6.61 Å². The standard InChI is InChI=1S/C39H47O4P/c40-33-28-29-37(38(41)32-33)39(42)43-30-20-9-7-5-3-1-2-4-6-8-10-21-31-44(34-22-14-11-15-23-34,35-24-16-12-17-25-35)36-26-18-13-19-27-36/h11-19,22-29,32H,1-10,20-21,30-31H2,(H-,40,41,42)/p+1. The fraction of sp³-hybridized carbons (Fsp3) is 0.359. The number of esters is 1. The van der Waals surface area contributed by atoms with Gasteiger partial charge in [-0.3, -0.25) is 0 Å². The van der Waals surface area contributed by atoms with Gasteiger partial charge in [0.25, 0.3) is 0 Å². The molecule has 0 fully saturated rings. The number of hydrogen-bond acceptors (Lipinski definition) is 4. The Hall–Kier alpha value is -3.62. The molecule has 0 radical (unpaired) electrons. The molecular formula is C39H48O4P+. The topological polar surface area (TPSA) is 66.8 Å². The highest BCUT2D eigenvalue weighted by atomic mass is 31.2. The Morgan fingerprint density at radius 2 is 0.932 bits per heavy atom. The highest BCUT2D eigenvalue weighted by molar-refractivity contribution is 7.95. The minimum atomic E-state index is -1.70. The van der Waals surface area contributed by atoms with Crippen LogP contribution in [0.5, 0.6) is 11.5 Å². The molecule has 0 aromatic heterocycles. The second-order valence-corrected chi connectivity index (χ2v) is 15.2. The highest BCUT2D eigenvalue weighted by Crippen LogP contribution is 2.56. The summed E-state index contributed by atoms with van der Waals surface area (Å²) in [5, 5.41) is 23.5. The number of phenols is 2. The molecule has 0 aliphatic carbocycles. The Bertz CT molecular complexity index is 1280. The Labute approximate surface area is 264 Å². The lowest BCUT2D eigenvalue weighted by molar-refractivity contribution is 0.0494. The zero-order valence-electron chi connectivity index (χ0n) is 25.9. The minimum absolute atomic E-state index is 0.0797. The molecule has 0 atom stereocenters. The van der Waals surface area contributed by atoms with Crippen molar-refractivity contribution in [2.75, 3.05) is 12.8 Å². The first-order valence-electron chi connectivity index (χ1n) is 16.4. The predicted octanol–water partition coefficient (Wildman–Crippen LogP) is 8.93. The first-order chi connectivity index (χ1) is 21.6. The van der Waals surface area contributed by atoms with Crippen molar-refractivity contribution < 1.29 is 19.7 Å². The average Bonchev–Trinajstić information content (AvgIpc) is 3.06. The molecule has 4 aromatic rings. The van der Waals surface area contributed by atoms with Crippen LogP contribution in [-0.4, -0.2) is 29.0 Å². The zero-order valence-corrected chi connectivity index (χ0v) is 26.8. The minimum Gasteiger partial charge on any atom is -0.508 e. The Morgan fingerprint density at radius 3 is 1.36 bits per heavy atom. The van der Waals surface area contributed by atoms with Gasteiger partial charge in [-0.15, -0.1) is 0 Å². The molecule has 0 saturated heterocycles. The molecule has 0 bridgehead atoms. The van der Waals surface area contributed by atoms with Gasteiger partial charge in [0.15, 0.2) is 0 Å². The van der Waals surface area contributed by atoms with E-state index in [2.05, 4.69) is 91.0 Å². The Morgan fingerprint density at radius 1 is 0.523 bits per heavy atom. The summed E-state index contributed by atoms with van der Waals surface area (Å²) in [5.74, 6) is -0.886. The average molecular weight is 612 g/mol. The van der Waals surface area contributed by atoms with Crippen molar-refractivity contribution in [2.24, 2.45) is 0 Å². The van der Waals surface area contributed by atoms with Crippen molar-refractivity contribution >= 4 is 29.1 Å². The summed E-state index contributed by atoms with van der Waals surface area (Å²) >= 11 is 0. The van der Waals surface area contributed by atoms with Crippen molar-refractivity contribution in [3.8, 4) is 11.5 Å². The van der Waals surface area contributed by atoms with Gasteiger partial charge in [-0.25, -0.2) is 4.79 Å². The van der Waals surface area contributed by atoms with E-state index >= 15 is 0 Å². The number of aromatic hydroxyl groups is 2. The number of hydrogen-bond donors (Lipinski definition) is 2. The predicted molar refractivity (Wildman–Crippen MR) is 185 cm³/mol. The SMILES string of the molecule is O=C(OCCCCCCCCCCCCCC[P+](c1ccccc1)(c1ccccc1)c1ccccc1)c1ccc(O)cc1O. The van der Waals surface area contributed by atoms with E-state index in [9.17, 15) is 15.0 Å². The molecule has 5 heteroatoms. The Kier molecular flexibility index (Phi) is 13.8. The summed E-state index contributed by atoms with van der Waals surface area (Å²) in [5.41, 5.74) is 0.0870. The van der Waals surface area contributed by atoms with E-state index in [1.165, 1.54) is 92.0 Å². The van der Waals surface area contributed by atoms with E-state index in [-0.39, 0.29) is 17.1 Å². The van der Waals surface area contributed by atoms with Crippen LogP contribution in [-0.2, 0) is 4.74 Å². The van der Waals surface area contributed by atoms with Crippen LogP contribution in [0.15, 0.2) is 109 Å². The zero-order chi connectivity index (χ0) is 30.9. The molecule has 0 spiro atoms. The van der Waals surface area contributed by atoms with Crippen molar-refractivity contribution in [2.45, 2.75) is 77.0 Å². The van der Waals surface area contributed by atoms with Crippen LogP contribution in [0.4, 0.5) is 0 Å². The highest BCUT2D eigenvalue weighted by Gasteiger charge is 2.44. The van der Waals surface area contributed by atoms with Gasteiger partial charge in [0, 0.05) is 6.07 Å². The van der Waals surface area contributed by atoms with Gasteiger partial charge in [0.05, 0.1) is 12.8 Å². The third kappa shape index (κ3) is 9.69. The second-order valence-electron chi connectivity index (χ2n) is 11.6. The lowest BCUT2D eigenvalue weighted by atomic mass is 10.1. The molecular weight excluding hydrogens is 563 g/mol. The van der Waals surface area contributed by atoms with Crippen LogP contribution in [0.3, 0.4) is 0 Å². The number of phenolic OH excluding ortho intramolecular Hbond substituents is 2. The Balaban J connectivity index is 1.09. The van der Waals surface area contributed by atoms with Gasteiger partial charge in [-0.1, -0.05) is 112 Å². The third-order valence-electron chi connectivity index (χ3n) is 8.41. The van der Waals surface area contributed by atoms with Gasteiger partial charge in [-0.2, -0.15) is 0 Å². The summed E-state index contributed by atoms with van der Waals surface area (Å²) in [7, 11) is -1.70. The molecule has 0 saturated carbocycles. The van der Waals surface area contributed by atoms with Crippen LogP contribution >= 0.6 is 7.26 Å². The van der Waals surface area contributed by atoms with Crippen LogP contribution in [0.2, 0.25) is 0 Å². The maximum Gasteiger partial charge on any atom is 0.341 e. The molecule has 0 unspecified atom stereocenters. The molecule has 2 N–H and O–H groups in total. The van der Waals surface area contributed by atoms with E-state index in [1.807, 2.05) is 0 Å². The first-order valence-corrected chi connectivity index (χ1v) is 18.3. The normalized spacial score (nSPS) is 11.4. The van der Waals surface area contributed by atoms with Gasteiger partial charge >= 0.3 is 5.97 Å². The van der Waals surface area contributed by atoms with Crippen LogP contribution in [0, 0.1) is 0 Å². The number of ether oxygens (including phenoxy) is 1. The number of rotatable bonds is 19. The molecule has 0 heterocycles. The number of carbonyl (C=O) groups excluding carboxylic acids is 1. The summed E-state index contributed by atoms with van der Waals surface area (Å²) in [6, 6.07) is 37.5. The van der Waals surface area contributed by atoms with Crippen LogP contribution in [0.1, 0.15) is 87.4 Å². The lowest BCUT2D eigenvalue weighted by Crippen LogP contribution is -2.33. The van der Waals surface area contributed by atoms with Crippen molar-refractivity contribution in [1.82, 2.24) is 0 Å². The molecule has 4 aromatic carbocycles. The third-order valence-corrected chi connectivity index (χ3v) is 12.9. The monoisotopic (exact) mass is 611 g/mol. The smallest absolute Gasteiger partial charge is 0.341 e. The quantitative estimate of drug-likeness (QED) is 0.0631. The fourth-order valence-corrected chi connectivity index (χ4v) is 10.4. The number of unbranched alkanes of at least 4 members (excludes halogenated alkanes) is 11. The fourth-order valence-electron chi connectivity index (χ4n) is 6.04. The molecule has 232 valence electrons. The summed E-state index contributed by atoms with van der Waals surface area (Å²) in [6.07, 6.45) is 15.8. The van der Waals surface area contributed by atoms with Gasteiger partial charge in [0.2, 0.25) is 0 Å². The molecule has 4 rings (SSSR count). The van der Waals surface area contributed by atoms with Gasteiger partial charge in [-0.05, 0) is 67.8 Å². The van der Waals surface area contributed by atoms with E-state index in [4.69, 9.17) is 4.74 Å². The number of carbonyl (C=O) groups is 1. The summed E-state index contributed by atoms with van der Waals surface area (Å²) in [6.45, 7) is 0.351. The molecule has 0 amide bonds. The molecule has 0 aliphatic rings. The van der Waals surface area contributed by atoms with Crippen LogP contribution < -0.4 is 15.9 Å². The molecule has 4 nitrogen and oxygen atoms in total. The maximum absolute atomic E-state index is 12.1. The lowest BCUT2D eigenvalue weighted by Gasteiger charge is -2.27. The summed E-state index contributed by atoms with van der Waals surface area (Å²) in [4.78, 5) is 12.1. The molecule has 44 heavy (non-hydrogen) atoms. The molecule has 0 aliphatic heterocycles. The first kappa shape index (κ1) is 33.3. The maximum atomic E-state index is 12.1. The van der Waals surface area contributed by atoms with E-state index < -0.39 is 13.2 Å². The van der Waals surface area contributed by atoms with Gasteiger partial charge in [0.1, 0.15) is 40.2 Å². The second kappa shape index (κ2) is 18.2. The van der Waals surface area contributed by atoms with E-state index in [1.54, 1.807) is 0 Å². The van der Waals surface area contributed by atoms with Gasteiger partial charge < -0.3 is 14.9 Å². The van der Waals surface area contributed by atoms with Crippen molar-refractivity contribution in [1.29, 1.82) is 0 Å². The van der Waals surface area contributed by atoms with Crippen LogP contribution in [0.25, 0.3) is 0 Å². The summed E-state index contributed by atoms with van der Waals surface area (Å²) < 4.78 is 5.26. The van der Waals surface area contributed by atoms with E-state index in [0.717, 1.165) is 25.3 Å². The van der Waals surface area contributed by atoms with Crippen molar-refractivity contribution in [3.63, 3.8) is 0 Å². The number of benzene rings is 4. The van der Waals surface area contributed by atoms with Crippen molar-refractivity contribution in [3.05, 3.63) is 115 Å². The largest absolute Gasteiger partial charge is 0.508 e.